The molecule has 1 aromatic heterocycles. The third-order valence-corrected chi connectivity index (χ3v) is 7.31. The van der Waals surface area contributed by atoms with Crippen molar-refractivity contribution >= 4 is 23.2 Å². The van der Waals surface area contributed by atoms with Gasteiger partial charge in [0.05, 0.1) is 44.1 Å². The van der Waals surface area contributed by atoms with E-state index in [4.69, 9.17) is 37.8 Å². The Bertz CT molecular complexity index is 1040. The van der Waals surface area contributed by atoms with Crippen LogP contribution in [0.25, 0.3) is 5.69 Å². The molecule has 0 aliphatic heterocycles. The number of ether oxygens (including phenoxy) is 2. The Hall–Kier alpha value is -1.89. The average Bonchev–Trinajstić information content (AvgIpc) is 3.30. The molecule has 1 N–H and O–H groups in total. The molecule has 1 aliphatic rings. The first-order valence-electron chi connectivity index (χ1n) is 12.5. The molecule has 0 unspecified atom stereocenters. The van der Waals surface area contributed by atoms with Crippen molar-refractivity contribution in [2.75, 3.05) is 13.3 Å². The highest BCUT2D eigenvalue weighted by atomic mass is 35.5. The van der Waals surface area contributed by atoms with E-state index in [-0.39, 0.29) is 11.4 Å². The number of aromatic nitrogens is 2. The summed E-state index contributed by atoms with van der Waals surface area (Å²) in [6.45, 7) is 4.39. The summed E-state index contributed by atoms with van der Waals surface area (Å²) in [7, 11) is 0. The van der Waals surface area contributed by atoms with Crippen LogP contribution >= 0.6 is 23.2 Å². The van der Waals surface area contributed by atoms with E-state index in [0.29, 0.717) is 37.5 Å². The molecule has 7 heteroatoms. The van der Waals surface area contributed by atoms with Crippen molar-refractivity contribution in [1.29, 1.82) is 0 Å². The Morgan fingerprint density at radius 2 is 1.83 bits per heavy atom. The SMILES string of the molecule is CC[C@H](COCc1ccccc1)NCOCc1cnn(-c2cccc(Cl)c2)c1C1CCC(Cl)CC1. The van der Waals surface area contributed by atoms with Crippen LogP contribution in [0.1, 0.15) is 61.8 Å². The Balaban J connectivity index is 1.34. The van der Waals surface area contributed by atoms with Gasteiger partial charge in [-0.2, -0.15) is 5.10 Å². The van der Waals surface area contributed by atoms with Crippen LogP contribution in [-0.4, -0.2) is 34.5 Å². The third-order valence-electron chi connectivity index (χ3n) is 6.64. The van der Waals surface area contributed by atoms with Gasteiger partial charge in [-0.1, -0.05) is 54.9 Å². The van der Waals surface area contributed by atoms with Crippen LogP contribution in [0.3, 0.4) is 0 Å². The minimum atomic E-state index is 0.242. The summed E-state index contributed by atoms with van der Waals surface area (Å²) in [5.74, 6) is 0.410. The van der Waals surface area contributed by atoms with E-state index in [2.05, 4.69) is 24.4 Å². The molecule has 0 amide bonds. The topological polar surface area (TPSA) is 48.3 Å². The van der Waals surface area contributed by atoms with Crippen LogP contribution in [0.5, 0.6) is 0 Å². The number of hydrogen-bond acceptors (Lipinski definition) is 4. The third kappa shape index (κ3) is 7.55. The second kappa shape index (κ2) is 13.4. The minimum Gasteiger partial charge on any atom is -0.375 e. The summed E-state index contributed by atoms with van der Waals surface area (Å²) in [4.78, 5) is 0. The van der Waals surface area contributed by atoms with Gasteiger partial charge in [0, 0.05) is 27.9 Å². The first-order valence-corrected chi connectivity index (χ1v) is 13.3. The van der Waals surface area contributed by atoms with Gasteiger partial charge < -0.3 is 9.47 Å². The van der Waals surface area contributed by atoms with Gasteiger partial charge in [0.1, 0.15) is 0 Å². The van der Waals surface area contributed by atoms with E-state index in [1.165, 1.54) is 11.3 Å². The summed E-state index contributed by atoms with van der Waals surface area (Å²) in [5.41, 5.74) is 4.50. The van der Waals surface area contributed by atoms with Crippen LogP contribution in [0.4, 0.5) is 0 Å². The molecule has 2 aromatic carbocycles. The molecule has 0 bridgehead atoms. The Labute approximate surface area is 218 Å². The molecule has 4 rings (SSSR count). The normalized spacial score (nSPS) is 19.1. The summed E-state index contributed by atoms with van der Waals surface area (Å²) >= 11 is 12.7. The van der Waals surface area contributed by atoms with Crippen molar-refractivity contribution in [1.82, 2.24) is 15.1 Å². The number of rotatable bonds is 12. The van der Waals surface area contributed by atoms with Gasteiger partial charge in [0.2, 0.25) is 0 Å². The number of nitrogens with zero attached hydrogens (tertiary/aromatic N) is 2. The van der Waals surface area contributed by atoms with Gasteiger partial charge in [-0.25, -0.2) is 4.68 Å². The summed E-state index contributed by atoms with van der Waals surface area (Å²) in [5, 5.41) is 9.17. The zero-order valence-electron chi connectivity index (χ0n) is 20.3. The lowest BCUT2D eigenvalue weighted by Crippen LogP contribution is -2.34. The van der Waals surface area contributed by atoms with Crippen LogP contribution in [0.15, 0.2) is 60.8 Å². The number of benzene rings is 2. The first kappa shape index (κ1) is 26.2. The summed E-state index contributed by atoms with van der Waals surface area (Å²) < 4.78 is 14.0. The zero-order valence-corrected chi connectivity index (χ0v) is 21.8. The largest absolute Gasteiger partial charge is 0.375 e. The van der Waals surface area contributed by atoms with Gasteiger partial charge >= 0.3 is 0 Å². The highest BCUT2D eigenvalue weighted by Crippen LogP contribution is 2.37. The van der Waals surface area contributed by atoms with Crippen molar-refractivity contribution < 1.29 is 9.47 Å². The van der Waals surface area contributed by atoms with Crippen LogP contribution in [0, 0.1) is 0 Å². The van der Waals surface area contributed by atoms with Gasteiger partial charge in [0.15, 0.2) is 0 Å². The molecule has 1 saturated carbocycles. The average molecular weight is 517 g/mol. The number of nitrogens with one attached hydrogen (secondary N) is 1. The van der Waals surface area contributed by atoms with E-state index in [0.717, 1.165) is 43.4 Å². The highest BCUT2D eigenvalue weighted by Gasteiger charge is 2.27. The fraction of sp³-hybridized carbons (Fsp3) is 0.464. The van der Waals surface area contributed by atoms with E-state index >= 15 is 0 Å². The van der Waals surface area contributed by atoms with Gasteiger partial charge in [-0.05, 0) is 55.9 Å². The predicted octanol–water partition coefficient (Wildman–Crippen LogP) is 6.85. The molecular weight excluding hydrogens is 481 g/mol. The maximum Gasteiger partial charge on any atom is 0.0972 e. The van der Waals surface area contributed by atoms with Crippen LogP contribution in [0.2, 0.25) is 5.02 Å². The Morgan fingerprint density at radius 1 is 1.03 bits per heavy atom. The fourth-order valence-corrected chi connectivity index (χ4v) is 5.07. The van der Waals surface area contributed by atoms with Crippen LogP contribution < -0.4 is 5.32 Å². The molecule has 1 heterocycles. The smallest absolute Gasteiger partial charge is 0.0972 e. The number of hydrogen-bond donors (Lipinski definition) is 1. The summed E-state index contributed by atoms with van der Waals surface area (Å²) in [6, 6.07) is 18.3. The molecule has 1 fully saturated rings. The van der Waals surface area contributed by atoms with E-state index in [1.807, 2.05) is 53.3 Å². The van der Waals surface area contributed by atoms with Crippen molar-refractivity contribution in [3.63, 3.8) is 0 Å². The lowest BCUT2D eigenvalue weighted by atomic mass is 9.85. The molecule has 3 aromatic rings. The lowest BCUT2D eigenvalue weighted by Gasteiger charge is -2.27. The molecule has 0 radical (unpaired) electrons. The van der Waals surface area contributed by atoms with Crippen molar-refractivity contribution in [3.05, 3.63) is 82.6 Å². The molecule has 188 valence electrons. The molecule has 0 spiro atoms. The van der Waals surface area contributed by atoms with E-state index in [1.54, 1.807) is 0 Å². The molecule has 1 aliphatic carbocycles. The molecule has 1 atom stereocenters. The molecular formula is C28H35Cl2N3O2. The second-order valence-corrected chi connectivity index (χ2v) is 10.3. The quantitative estimate of drug-likeness (QED) is 0.163. The Morgan fingerprint density at radius 3 is 2.57 bits per heavy atom. The van der Waals surface area contributed by atoms with Gasteiger partial charge in [0.25, 0.3) is 0 Å². The van der Waals surface area contributed by atoms with Gasteiger partial charge in [-0.15, -0.1) is 11.6 Å². The Kier molecular flexibility index (Phi) is 10.0. The van der Waals surface area contributed by atoms with Crippen molar-refractivity contribution in [2.45, 2.75) is 69.6 Å². The zero-order chi connectivity index (χ0) is 24.5. The molecule has 5 nitrogen and oxygen atoms in total. The van der Waals surface area contributed by atoms with Crippen molar-refractivity contribution in [3.8, 4) is 5.69 Å². The monoisotopic (exact) mass is 515 g/mol. The van der Waals surface area contributed by atoms with Crippen LogP contribution in [-0.2, 0) is 22.7 Å². The van der Waals surface area contributed by atoms with Gasteiger partial charge in [-0.3, -0.25) is 5.32 Å². The summed E-state index contributed by atoms with van der Waals surface area (Å²) in [6.07, 6.45) is 7.07. The van der Waals surface area contributed by atoms with E-state index in [9.17, 15) is 0 Å². The highest BCUT2D eigenvalue weighted by molar-refractivity contribution is 6.30. The number of halogens is 2. The van der Waals surface area contributed by atoms with E-state index < -0.39 is 0 Å². The fourth-order valence-electron chi connectivity index (χ4n) is 4.63. The maximum atomic E-state index is 6.39. The molecule has 0 saturated heterocycles. The number of alkyl halides is 1. The standard InChI is InChI=1S/C28H35Cl2N3O2/c1-2-26(19-34-17-21-7-4-3-5-8-21)31-20-35-18-23-16-32-33(27-10-6-9-25(30)15-27)28(23)22-11-13-24(29)14-12-22/h3-10,15-16,22,24,26,31H,2,11-14,17-20H2,1H3/t22?,24?,26-/m1/s1. The lowest BCUT2D eigenvalue weighted by molar-refractivity contribution is 0.0595. The second-order valence-electron chi connectivity index (χ2n) is 9.20. The molecule has 35 heavy (non-hydrogen) atoms. The predicted molar refractivity (Wildman–Crippen MR) is 142 cm³/mol. The van der Waals surface area contributed by atoms with Crippen molar-refractivity contribution in [2.24, 2.45) is 0 Å². The maximum absolute atomic E-state index is 6.39. The minimum absolute atomic E-state index is 0.242. The first-order chi connectivity index (χ1) is 17.1.